The molecular weight excluding hydrogens is 603 g/mol. The zero-order valence-corrected chi connectivity index (χ0v) is 25.9. The van der Waals surface area contributed by atoms with Gasteiger partial charge < -0.3 is 10.2 Å². The van der Waals surface area contributed by atoms with Crippen LogP contribution in [-0.4, -0.2) is 44.3 Å². The van der Waals surface area contributed by atoms with Crippen molar-refractivity contribution in [2.45, 2.75) is 57.8 Å². The molecule has 2 amide bonds. The number of anilines is 1. The second-order valence-electron chi connectivity index (χ2n) is 10.6. The molecule has 0 radical (unpaired) electrons. The highest BCUT2D eigenvalue weighted by molar-refractivity contribution is 7.92. The maximum Gasteiger partial charge on any atom is 0.416 e. The van der Waals surface area contributed by atoms with Gasteiger partial charge in [-0.1, -0.05) is 80.4 Å². The topological polar surface area (TPSA) is 86.8 Å². The summed E-state index contributed by atoms with van der Waals surface area (Å²) in [7, 11) is -4.59. The van der Waals surface area contributed by atoms with Crippen LogP contribution in [0.25, 0.3) is 0 Å². The molecule has 0 saturated heterocycles. The summed E-state index contributed by atoms with van der Waals surface area (Å²) in [6.07, 6.45) is -4.60. The zero-order chi connectivity index (χ0) is 31.9. The van der Waals surface area contributed by atoms with Gasteiger partial charge in [-0.25, -0.2) is 8.42 Å². The van der Waals surface area contributed by atoms with Crippen LogP contribution in [0.15, 0.2) is 77.7 Å². The van der Waals surface area contributed by atoms with Crippen LogP contribution in [0.3, 0.4) is 0 Å². The van der Waals surface area contributed by atoms with Gasteiger partial charge in [0.15, 0.2) is 0 Å². The summed E-state index contributed by atoms with van der Waals surface area (Å²) in [4.78, 5) is 28.4. The van der Waals surface area contributed by atoms with Crippen molar-refractivity contribution in [2.75, 3.05) is 17.4 Å². The number of carbonyl (C=O) groups is 2. The van der Waals surface area contributed by atoms with E-state index in [1.54, 1.807) is 25.1 Å². The van der Waals surface area contributed by atoms with Crippen LogP contribution in [0, 0.1) is 12.8 Å². The number of halogens is 4. The Balaban J connectivity index is 2.14. The summed E-state index contributed by atoms with van der Waals surface area (Å²) in [5, 5.41) is 2.53. The number of hydrogen-bond donors (Lipinski definition) is 1. The molecule has 1 atom stereocenters. The molecule has 0 aromatic heterocycles. The lowest BCUT2D eigenvalue weighted by Gasteiger charge is -2.33. The van der Waals surface area contributed by atoms with Gasteiger partial charge in [0.2, 0.25) is 11.8 Å². The van der Waals surface area contributed by atoms with E-state index in [1.807, 2.05) is 32.9 Å². The fraction of sp³-hybridized carbons (Fsp3) is 0.355. The van der Waals surface area contributed by atoms with E-state index < -0.39 is 51.9 Å². The lowest BCUT2D eigenvalue weighted by molar-refractivity contribution is -0.140. The first-order chi connectivity index (χ1) is 20.1. The van der Waals surface area contributed by atoms with Crippen LogP contribution < -0.4 is 9.62 Å². The molecule has 0 heterocycles. The first kappa shape index (κ1) is 33.9. The quantitative estimate of drug-likeness (QED) is 0.248. The maximum atomic E-state index is 14.1. The lowest BCUT2D eigenvalue weighted by Crippen LogP contribution is -2.52. The van der Waals surface area contributed by atoms with Crippen molar-refractivity contribution in [3.8, 4) is 0 Å². The highest BCUT2D eigenvalue weighted by Gasteiger charge is 2.37. The highest BCUT2D eigenvalue weighted by Crippen LogP contribution is 2.37. The third-order valence-corrected chi connectivity index (χ3v) is 8.75. The largest absolute Gasteiger partial charge is 0.416 e. The number of hydrogen-bond acceptors (Lipinski definition) is 4. The van der Waals surface area contributed by atoms with Crippen LogP contribution in [0.5, 0.6) is 0 Å². The molecule has 3 aromatic rings. The smallest absolute Gasteiger partial charge is 0.354 e. The Morgan fingerprint density at radius 3 is 2.23 bits per heavy atom. The number of benzene rings is 3. The van der Waals surface area contributed by atoms with E-state index in [0.717, 1.165) is 17.7 Å². The van der Waals surface area contributed by atoms with Crippen molar-refractivity contribution < 1.29 is 31.2 Å². The highest BCUT2D eigenvalue weighted by atomic mass is 35.5. The molecule has 0 fully saturated rings. The molecule has 0 spiro atoms. The average Bonchev–Trinajstić information content (AvgIpc) is 2.94. The first-order valence-corrected chi connectivity index (χ1v) is 15.5. The molecular formula is C31H35ClF3N3O4S. The van der Waals surface area contributed by atoms with Gasteiger partial charge in [0, 0.05) is 13.1 Å². The number of aryl methyl sites for hydroxylation is 1. The van der Waals surface area contributed by atoms with E-state index in [9.17, 15) is 31.2 Å². The Bertz CT molecular complexity index is 1530. The van der Waals surface area contributed by atoms with E-state index in [4.69, 9.17) is 11.6 Å². The van der Waals surface area contributed by atoms with Gasteiger partial charge in [-0.15, -0.1) is 0 Å². The fourth-order valence-corrected chi connectivity index (χ4v) is 6.18. The van der Waals surface area contributed by atoms with E-state index >= 15 is 0 Å². The predicted octanol–water partition coefficient (Wildman–Crippen LogP) is 6.44. The molecule has 0 aliphatic rings. The van der Waals surface area contributed by atoms with E-state index in [-0.39, 0.29) is 28.8 Å². The number of sulfonamides is 1. The summed E-state index contributed by atoms with van der Waals surface area (Å²) in [5.74, 6) is -1.08. The zero-order valence-electron chi connectivity index (χ0n) is 24.4. The standard InChI is InChI=1S/C31H35ClF3N3O4S/c1-5-27(30(40)36-18-21(2)3)37(19-23-11-9-10-22(4)16-23)29(39)20-38(43(41,42)25-12-7-6-8-13-25)28-17-24(31(33,34)35)14-15-26(28)32/h6-17,21,27H,5,18-20H2,1-4H3,(H,36,40)/t27-/m1/s1. The molecule has 0 unspecified atom stereocenters. The van der Waals surface area contributed by atoms with E-state index in [2.05, 4.69) is 5.32 Å². The summed E-state index contributed by atoms with van der Waals surface area (Å²) in [6, 6.07) is 15.6. The second kappa shape index (κ2) is 14.3. The summed E-state index contributed by atoms with van der Waals surface area (Å²) in [6.45, 7) is 6.84. The third kappa shape index (κ3) is 8.73. The van der Waals surface area contributed by atoms with Crippen molar-refractivity contribution in [3.05, 3.63) is 94.5 Å². The Hall–Kier alpha value is -3.57. The molecule has 0 bridgehead atoms. The van der Waals surface area contributed by atoms with Crippen molar-refractivity contribution in [1.29, 1.82) is 0 Å². The minimum absolute atomic E-state index is 0.0380. The van der Waals surface area contributed by atoms with Crippen LogP contribution in [0.4, 0.5) is 18.9 Å². The third-order valence-electron chi connectivity index (χ3n) is 6.66. The Morgan fingerprint density at radius 2 is 1.65 bits per heavy atom. The van der Waals surface area contributed by atoms with Crippen LogP contribution >= 0.6 is 11.6 Å². The molecule has 0 aliphatic carbocycles. The molecule has 43 heavy (non-hydrogen) atoms. The monoisotopic (exact) mass is 637 g/mol. The lowest BCUT2D eigenvalue weighted by atomic mass is 10.1. The minimum atomic E-state index is -4.80. The summed E-state index contributed by atoms with van der Waals surface area (Å²) >= 11 is 6.29. The number of nitrogens with zero attached hydrogens (tertiary/aromatic N) is 2. The van der Waals surface area contributed by atoms with Crippen LogP contribution in [0.1, 0.15) is 43.9 Å². The van der Waals surface area contributed by atoms with Gasteiger partial charge >= 0.3 is 6.18 Å². The van der Waals surface area contributed by atoms with Crippen LogP contribution in [-0.2, 0) is 32.3 Å². The van der Waals surface area contributed by atoms with Crippen molar-refractivity contribution >= 4 is 39.1 Å². The van der Waals surface area contributed by atoms with Gasteiger partial charge in [0.1, 0.15) is 12.6 Å². The second-order valence-corrected chi connectivity index (χ2v) is 12.8. The summed E-state index contributed by atoms with van der Waals surface area (Å²) < 4.78 is 69.4. The van der Waals surface area contributed by atoms with Gasteiger partial charge in [-0.05, 0) is 55.2 Å². The molecule has 3 rings (SSSR count). The Kier molecular flexibility index (Phi) is 11.3. The first-order valence-electron chi connectivity index (χ1n) is 13.7. The molecule has 12 heteroatoms. The fourth-order valence-electron chi connectivity index (χ4n) is 4.46. The maximum absolute atomic E-state index is 14.1. The average molecular weight is 638 g/mol. The Labute approximate surface area is 255 Å². The minimum Gasteiger partial charge on any atom is -0.354 e. The van der Waals surface area contributed by atoms with Crippen molar-refractivity contribution in [3.63, 3.8) is 0 Å². The number of alkyl halides is 3. The summed E-state index contributed by atoms with van der Waals surface area (Å²) in [5.41, 5.74) is -0.0468. The van der Waals surface area contributed by atoms with Gasteiger partial charge in [-0.2, -0.15) is 13.2 Å². The molecule has 7 nitrogen and oxygen atoms in total. The molecule has 0 saturated carbocycles. The van der Waals surface area contributed by atoms with Gasteiger partial charge in [-0.3, -0.25) is 13.9 Å². The van der Waals surface area contributed by atoms with Crippen molar-refractivity contribution in [2.24, 2.45) is 5.92 Å². The number of carbonyl (C=O) groups excluding carboxylic acids is 2. The molecule has 3 aromatic carbocycles. The van der Waals surface area contributed by atoms with Crippen LogP contribution in [0.2, 0.25) is 5.02 Å². The molecule has 232 valence electrons. The number of nitrogens with one attached hydrogen (secondary N) is 1. The molecule has 1 N–H and O–H groups in total. The van der Waals surface area contributed by atoms with Gasteiger partial charge in [0.25, 0.3) is 10.0 Å². The van der Waals surface area contributed by atoms with E-state index in [1.165, 1.54) is 29.2 Å². The Morgan fingerprint density at radius 1 is 0.977 bits per heavy atom. The number of rotatable bonds is 12. The normalized spacial score (nSPS) is 12.6. The van der Waals surface area contributed by atoms with E-state index in [0.29, 0.717) is 22.5 Å². The predicted molar refractivity (Wildman–Crippen MR) is 161 cm³/mol. The van der Waals surface area contributed by atoms with Crippen molar-refractivity contribution in [1.82, 2.24) is 10.2 Å². The number of amides is 2. The molecule has 0 aliphatic heterocycles. The SMILES string of the molecule is CC[C@H](C(=O)NCC(C)C)N(Cc1cccc(C)c1)C(=O)CN(c1cc(C(F)(F)F)ccc1Cl)S(=O)(=O)c1ccccc1. The van der Waals surface area contributed by atoms with Gasteiger partial charge in [0.05, 0.1) is 21.2 Å².